The minimum Gasteiger partial charge on any atom is -0.339 e. The second kappa shape index (κ2) is 8.36. The topological polar surface area (TPSA) is 45.6 Å². The van der Waals surface area contributed by atoms with Gasteiger partial charge in [-0.2, -0.15) is 0 Å². The summed E-state index contributed by atoms with van der Waals surface area (Å²) in [7, 11) is 0. The number of benzene rings is 3. The first-order valence-electron chi connectivity index (χ1n) is 10.7. The van der Waals surface area contributed by atoms with Crippen molar-refractivity contribution in [1.29, 1.82) is 0 Å². The first-order valence-corrected chi connectivity index (χ1v) is 10.7. The summed E-state index contributed by atoms with van der Waals surface area (Å²) < 4.78 is 1.99. The molecule has 0 atom stereocenters. The number of hydrogen-bond donors (Lipinski definition) is 0. The van der Waals surface area contributed by atoms with E-state index >= 15 is 0 Å². The molecule has 3 aromatic carbocycles. The summed E-state index contributed by atoms with van der Waals surface area (Å²) in [6.07, 6.45) is 0. The highest BCUT2D eigenvalue weighted by Gasteiger charge is 2.22. The molecule has 5 rings (SSSR count). The maximum Gasteiger partial charge on any atom is 0.242 e. The van der Waals surface area contributed by atoms with Crippen LogP contribution in [0.1, 0.15) is 5.56 Å². The molecule has 4 aromatic rings. The van der Waals surface area contributed by atoms with Crippen molar-refractivity contribution in [1.82, 2.24) is 14.4 Å². The van der Waals surface area contributed by atoms with Gasteiger partial charge in [-0.05, 0) is 29.8 Å². The van der Waals surface area contributed by atoms with Gasteiger partial charge < -0.3 is 9.47 Å². The molecule has 1 fully saturated rings. The van der Waals surface area contributed by atoms with Gasteiger partial charge >= 0.3 is 0 Å². The molecule has 1 amide bonds. The molecule has 0 aliphatic carbocycles. The number of hydrogen-bond acceptors (Lipinski definition) is 3. The SMILES string of the molecule is O=C(Cn1c2ccccc2c(=O)c2ccccc21)N1CCN(Cc2ccccc2)CC1. The lowest BCUT2D eigenvalue weighted by atomic mass is 10.1. The molecule has 0 spiro atoms. The molecule has 5 heteroatoms. The maximum atomic E-state index is 13.2. The summed E-state index contributed by atoms with van der Waals surface area (Å²) in [5, 5.41) is 1.31. The number of pyridine rings is 1. The lowest BCUT2D eigenvalue weighted by Crippen LogP contribution is -2.49. The number of amides is 1. The smallest absolute Gasteiger partial charge is 0.242 e. The van der Waals surface area contributed by atoms with E-state index in [9.17, 15) is 9.59 Å². The molecule has 31 heavy (non-hydrogen) atoms. The molecule has 5 nitrogen and oxygen atoms in total. The maximum absolute atomic E-state index is 13.2. The van der Waals surface area contributed by atoms with Gasteiger partial charge in [0.25, 0.3) is 0 Å². The Morgan fingerprint density at radius 1 is 0.710 bits per heavy atom. The van der Waals surface area contributed by atoms with Gasteiger partial charge in [-0.25, -0.2) is 0 Å². The summed E-state index contributed by atoms with van der Waals surface area (Å²) in [5.41, 5.74) is 2.93. The Bertz CT molecular complexity index is 1230. The predicted molar refractivity (Wildman–Crippen MR) is 124 cm³/mol. The van der Waals surface area contributed by atoms with Crippen molar-refractivity contribution in [2.75, 3.05) is 26.2 Å². The minimum atomic E-state index is 0.0180. The number of nitrogens with zero attached hydrogens (tertiary/aromatic N) is 3. The number of para-hydroxylation sites is 2. The average Bonchev–Trinajstić information content (AvgIpc) is 2.83. The lowest BCUT2D eigenvalue weighted by molar-refractivity contribution is -0.133. The van der Waals surface area contributed by atoms with E-state index in [2.05, 4.69) is 29.2 Å². The quantitative estimate of drug-likeness (QED) is 0.483. The molecule has 0 N–H and O–H groups in total. The first kappa shape index (κ1) is 19.5. The van der Waals surface area contributed by atoms with Gasteiger partial charge in [-0.3, -0.25) is 14.5 Å². The van der Waals surface area contributed by atoms with E-state index in [1.807, 2.05) is 64.1 Å². The van der Waals surface area contributed by atoms with Crippen LogP contribution in [0.2, 0.25) is 0 Å². The highest BCUT2D eigenvalue weighted by atomic mass is 16.2. The second-order valence-electron chi connectivity index (χ2n) is 8.09. The molecule has 2 heterocycles. The van der Waals surface area contributed by atoms with E-state index in [4.69, 9.17) is 0 Å². The van der Waals surface area contributed by atoms with Crippen LogP contribution in [-0.4, -0.2) is 46.5 Å². The number of carbonyl (C=O) groups is 1. The third-order valence-corrected chi connectivity index (χ3v) is 6.15. The highest BCUT2D eigenvalue weighted by Crippen LogP contribution is 2.20. The third-order valence-electron chi connectivity index (χ3n) is 6.15. The lowest BCUT2D eigenvalue weighted by Gasteiger charge is -2.35. The van der Waals surface area contributed by atoms with E-state index in [-0.39, 0.29) is 17.9 Å². The molecule has 1 aliphatic rings. The summed E-state index contributed by atoms with van der Waals surface area (Å²) >= 11 is 0. The van der Waals surface area contributed by atoms with Gasteiger partial charge in [-0.15, -0.1) is 0 Å². The standard InChI is InChI=1S/C26H25N3O2/c30-25(28-16-14-27(15-17-28)18-20-8-2-1-3-9-20)19-29-23-12-6-4-10-21(23)26(31)22-11-5-7-13-24(22)29/h1-13H,14-19H2. The van der Waals surface area contributed by atoms with Crippen molar-refractivity contribution in [2.24, 2.45) is 0 Å². The fraction of sp³-hybridized carbons (Fsp3) is 0.231. The predicted octanol–water partition coefficient (Wildman–Crippen LogP) is 3.50. The normalized spacial score (nSPS) is 14.9. The third kappa shape index (κ3) is 3.84. The molecule has 1 aromatic heterocycles. The van der Waals surface area contributed by atoms with Crippen LogP contribution < -0.4 is 5.43 Å². The van der Waals surface area contributed by atoms with Crippen molar-refractivity contribution in [3.8, 4) is 0 Å². The van der Waals surface area contributed by atoms with Crippen molar-refractivity contribution in [2.45, 2.75) is 13.1 Å². The van der Waals surface area contributed by atoms with Gasteiger partial charge in [0.15, 0.2) is 5.43 Å². The van der Waals surface area contributed by atoms with Gasteiger partial charge in [0, 0.05) is 43.5 Å². The summed E-state index contributed by atoms with van der Waals surface area (Å²) in [5.74, 6) is 0.0957. The first-order chi connectivity index (χ1) is 15.2. The number of rotatable bonds is 4. The Morgan fingerprint density at radius 2 is 1.26 bits per heavy atom. The Kier molecular flexibility index (Phi) is 5.26. The molecular formula is C26H25N3O2. The average molecular weight is 412 g/mol. The van der Waals surface area contributed by atoms with E-state index in [0.717, 1.165) is 43.8 Å². The summed E-state index contributed by atoms with van der Waals surface area (Å²) in [4.78, 5) is 30.5. The van der Waals surface area contributed by atoms with Crippen molar-refractivity contribution < 1.29 is 4.79 Å². The van der Waals surface area contributed by atoms with E-state index < -0.39 is 0 Å². The van der Waals surface area contributed by atoms with E-state index in [0.29, 0.717) is 10.8 Å². The van der Waals surface area contributed by atoms with Gasteiger partial charge in [0.2, 0.25) is 5.91 Å². The molecular weight excluding hydrogens is 386 g/mol. The summed E-state index contributed by atoms with van der Waals surface area (Å²) in [6.45, 7) is 4.33. The zero-order valence-electron chi connectivity index (χ0n) is 17.4. The fourth-order valence-corrected chi connectivity index (χ4v) is 4.48. The monoisotopic (exact) mass is 411 g/mol. The molecule has 0 radical (unpaired) electrons. The van der Waals surface area contributed by atoms with Gasteiger partial charge in [0.1, 0.15) is 6.54 Å². The number of aromatic nitrogens is 1. The Hall–Kier alpha value is -3.44. The molecule has 1 saturated heterocycles. The molecule has 1 aliphatic heterocycles. The number of carbonyl (C=O) groups excluding carboxylic acids is 1. The zero-order chi connectivity index (χ0) is 21.2. The van der Waals surface area contributed by atoms with Crippen LogP contribution in [0.25, 0.3) is 21.8 Å². The number of piperazine rings is 1. The van der Waals surface area contributed by atoms with Crippen LogP contribution in [0.5, 0.6) is 0 Å². The van der Waals surface area contributed by atoms with Crippen LogP contribution in [0, 0.1) is 0 Å². The fourth-order valence-electron chi connectivity index (χ4n) is 4.48. The second-order valence-corrected chi connectivity index (χ2v) is 8.09. The zero-order valence-corrected chi connectivity index (χ0v) is 17.4. The number of fused-ring (bicyclic) bond motifs is 2. The van der Waals surface area contributed by atoms with Crippen LogP contribution in [0.15, 0.2) is 83.7 Å². The van der Waals surface area contributed by atoms with Crippen molar-refractivity contribution in [3.63, 3.8) is 0 Å². The largest absolute Gasteiger partial charge is 0.339 e. The molecule has 156 valence electrons. The minimum absolute atomic E-state index is 0.0180. The van der Waals surface area contributed by atoms with Crippen LogP contribution in [-0.2, 0) is 17.9 Å². The summed E-state index contributed by atoms with van der Waals surface area (Å²) in [6, 6.07) is 25.6. The Labute approximate surface area is 181 Å². The van der Waals surface area contributed by atoms with E-state index in [1.165, 1.54) is 5.56 Å². The van der Waals surface area contributed by atoms with Gasteiger partial charge in [-0.1, -0.05) is 54.6 Å². The molecule has 0 unspecified atom stereocenters. The Balaban J connectivity index is 1.36. The van der Waals surface area contributed by atoms with E-state index in [1.54, 1.807) is 0 Å². The molecule has 0 saturated carbocycles. The highest BCUT2D eigenvalue weighted by molar-refractivity contribution is 5.94. The van der Waals surface area contributed by atoms with Crippen LogP contribution in [0.4, 0.5) is 0 Å². The van der Waals surface area contributed by atoms with Crippen LogP contribution >= 0.6 is 0 Å². The molecule has 0 bridgehead atoms. The Morgan fingerprint density at radius 3 is 1.87 bits per heavy atom. The van der Waals surface area contributed by atoms with Crippen molar-refractivity contribution in [3.05, 3.63) is 94.6 Å². The van der Waals surface area contributed by atoms with Gasteiger partial charge in [0.05, 0.1) is 11.0 Å². The van der Waals surface area contributed by atoms with Crippen LogP contribution in [0.3, 0.4) is 0 Å². The van der Waals surface area contributed by atoms with Crippen molar-refractivity contribution >= 4 is 27.7 Å².